The summed E-state index contributed by atoms with van der Waals surface area (Å²) in [7, 11) is 0. The molecule has 0 aliphatic heterocycles. The first-order valence-electron chi connectivity index (χ1n) is 6.34. The van der Waals surface area contributed by atoms with Crippen LogP contribution in [0.25, 0.3) is 0 Å². The van der Waals surface area contributed by atoms with Gasteiger partial charge in [0.15, 0.2) is 0 Å². The average molecular weight is 302 g/mol. The van der Waals surface area contributed by atoms with Gasteiger partial charge in [-0.2, -0.15) is 0 Å². The Balaban J connectivity index is 4.31. The summed E-state index contributed by atoms with van der Waals surface area (Å²) in [5.74, 6) is -1.57. The Labute approximate surface area is 123 Å². The van der Waals surface area contributed by atoms with Gasteiger partial charge in [-0.25, -0.2) is 9.59 Å². The van der Waals surface area contributed by atoms with Gasteiger partial charge in [-0.05, 0) is 26.8 Å². The summed E-state index contributed by atoms with van der Waals surface area (Å²) in [5.41, 5.74) is -0.640. The zero-order valence-corrected chi connectivity index (χ0v) is 12.5. The summed E-state index contributed by atoms with van der Waals surface area (Å²) in [5, 5.41) is 13.5. The molecule has 0 heterocycles. The van der Waals surface area contributed by atoms with Gasteiger partial charge >= 0.3 is 12.1 Å². The first kappa shape index (κ1) is 18.9. The zero-order chi connectivity index (χ0) is 16.5. The third kappa shape index (κ3) is 11.4. The van der Waals surface area contributed by atoms with E-state index in [0.717, 1.165) is 6.08 Å². The minimum absolute atomic E-state index is 0.000381. The van der Waals surface area contributed by atoms with Crippen molar-refractivity contribution < 1.29 is 29.0 Å². The molecular formula is C13H22N2O6. The molecular weight excluding hydrogens is 280 g/mol. The molecule has 120 valence electrons. The number of hydrogen-bond donors (Lipinski definition) is 3. The molecule has 0 aliphatic rings. The van der Waals surface area contributed by atoms with Gasteiger partial charge < -0.3 is 25.2 Å². The molecule has 2 amide bonds. The van der Waals surface area contributed by atoms with Crippen molar-refractivity contribution in [1.29, 1.82) is 0 Å². The molecule has 0 aliphatic carbocycles. The maximum atomic E-state index is 11.5. The maximum Gasteiger partial charge on any atom is 0.407 e. The highest BCUT2D eigenvalue weighted by Gasteiger charge is 2.18. The van der Waals surface area contributed by atoms with Crippen molar-refractivity contribution in [3.05, 3.63) is 12.7 Å². The van der Waals surface area contributed by atoms with Crippen molar-refractivity contribution in [1.82, 2.24) is 10.6 Å². The number of carbonyl (C=O) groups excluding carboxylic acids is 2. The van der Waals surface area contributed by atoms with Crippen molar-refractivity contribution in [3.8, 4) is 0 Å². The summed E-state index contributed by atoms with van der Waals surface area (Å²) in [6.45, 7) is 7.94. The van der Waals surface area contributed by atoms with Crippen molar-refractivity contribution in [2.45, 2.75) is 32.5 Å². The molecule has 0 bridgehead atoms. The Morgan fingerprint density at radius 2 is 1.81 bits per heavy atom. The number of carboxylic acids is 1. The molecule has 0 aromatic heterocycles. The monoisotopic (exact) mass is 302 g/mol. The van der Waals surface area contributed by atoms with Gasteiger partial charge in [-0.1, -0.05) is 6.58 Å². The lowest BCUT2D eigenvalue weighted by Crippen LogP contribution is -2.43. The van der Waals surface area contributed by atoms with Crippen LogP contribution in [0.1, 0.15) is 20.8 Å². The number of carbonyl (C=O) groups is 3. The highest BCUT2D eigenvalue weighted by molar-refractivity contribution is 5.86. The molecule has 21 heavy (non-hydrogen) atoms. The fourth-order valence-electron chi connectivity index (χ4n) is 1.18. The van der Waals surface area contributed by atoms with E-state index in [-0.39, 0.29) is 13.1 Å². The Kier molecular flexibility index (Phi) is 8.07. The molecule has 0 aromatic carbocycles. The summed E-state index contributed by atoms with van der Waals surface area (Å²) in [4.78, 5) is 33.0. The normalized spacial score (nSPS) is 12.1. The first-order valence-corrected chi connectivity index (χ1v) is 6.34. The van der Waals surface area contributed by atoms with Gasteiger partial charge in [0.05, 0.1) is 6.10 Å². The number of rotatable bonds is 8. The van der Waals surface area contributed by atoms with Gasteiger partial charge in [0.2, 0.25) is 5.91 Å². The van der Waals surface area contributed by atoms with Crippen LogP contribution >= 0.6 is 0 Å². The summed E-state index contributed by atoms with van der Waals surface area (Å²) < 4.78 is 10.1. The zero-order valence-electron chi connectivity index (χ0n) is 12.5. The number of nitrogens with one attached hydrogen (secondary N) is 2. The van der Waals surface area contributed by atoms with E-state index in [2.05, 4.69) is 17.2 Å². The lowest BCUT2D eigenvalue weighted by molar-refractivity contribution is -0.144. The topological polar surface area (TPSA) is 114 Å². The van der Waals surface area contributed by atoms with Gasteiger partial charge in [0.1, 0.15) is 12.2 Å². The van der Waals surface area contributed by atoms with Gasteiger partial charge in [-0.15, -0.1) is 0 Å². The van der Waals surface area contributed by atoms with E-state index in [0.29, 0.717) is 0 Å². The number of hydrogen-bond acceptors (Lipinski definition) is 5. The predicted molar refractivity (Wildman–Crippen MR) is 74.8 cm³/mol. The van der Waals surface area contributed by atoms with E-state index in [4.69, 9.17) is 14.6 Å². The lowest BCUT2D eigenvalue weighted by atomic mass is 10.2. The number of amides is 2. The molecule has 0 saturated heterocycles. The van der Waals surface area contributed by atoms with Crippen LogP contribution in [0.4, 0.5) is 4.79 Å². The fraction of sp³-hybridized carbons (Fsp3) is 0.615. The quantitative estimate of drug-likeness (QED) is 0.555. The second kappa shape index (κ2) is 8.96. The maximum absolute atomic E-state index is 11.5. The molecule has 1 unspecified atom stereocenters. The second-order valence-corrected chi connectivity index (χ2v) is 5.16. The largest absolute Gasteiger partial charge is 0.480 e. The summed E-state index contributed by atoms with van der Waals surface area (Å²) in [6, 6.07) is 0. The number of alkyl carbamates (subject to hydrolysis) is 1. The Bertz CT molecular complexity index is 389. The van der Waals surface area contributed by atoms with Crippen LogP contribution in [-0.4, -0.2) is 54.5 Å². The van der Waals surface area contributed by atoms with E-state index in [1.807, 2.05) is 0 Å². The number of ether oxygens (including phenoxy) is 2. The third-order valence-corrected chi connectivity index (χ3v) is 2.00. The molecule has 0 rings (SSSR count). The second-order valence-electron chi connectivity index (χ2n) is 5.16. The Morgan fingerprint density at radius 1 is 1.24 bits per heavy atom. The molecule has 1 atom stereocenters. The van der Waals surface area contributed by atoms with Crippen LogP contribution < -0.4 is 10.6 Å². The highest BCUT2D eigenvalue weighted by atomic mass is 16.6. The van der Waals surface area contributed by atoms with Crippen LogP contribution in [0.2, 0.25) is 0 Å². The van der Waals surface area contributed by atoms with E-state index >= 15 is 0 Å². The Hall–Kier alpha value is -2.09. The van der Waals surface area contributed by atoms with Crippen LogP contribution in [0.15, 0.2) is 12.7 Å². The van der Waals surface area contributed by atoms with Crippen molar-refractivity contribution >= 4 is 18.0 Å². The molecule has 0 fully saturated rings. The predicted octanol–water partition coefficient (Wildman–Crippen LogP) is 0.283. The van der Waals surface area contributed by atoms with Crippen molar-refractivity contribution in [2.75, 3.05) is 19.7 Å². The van der Waals surface area contributed by atoms with E-state index < -0.39 is 36.3 Å². The fourth-order valence-corrected chi connectivity index (χ4v) is 1.18. The van der Waals surface area contributed by atoms with Crippen LogP contribution in [0.5, 0.6) is 0 Å². The lowest BCUT2D eigenvalue weighted by Gasteiger charge is -2.22. The minimum atomic E-state index is -1.15. The Morgan fingerprint density at radius 3 is 2.29 bits per heavy atom. The first-order chi connectivity index (χ1) is 9.64. The van der Waals surface area contributed by atoms with Gasteiger partial charge in [0, 0.05) is 13.1 Å². The summed E-state index contributed by atoms with van der Waals surface area (Å²) in [6.07, 6.45) is -0.269. The third-order valence-electron chi connectivity index (χ3n) is 2.00. The molecule has 0 spiro atoms. The van der Waals surface area contributed by atoms with E-state index in [9.17, 15) is 14.4 Å². The molecule has 3 N–H and O–H groups in total. The van der Waals surface area contributed by atoms with Crippen molar-refractivity contribution in [3.63, 3.8) is 0 Å². The van der Waals surface area contributed by atoms with Gasteiger partial charge in [0.25, 0.3) is 0 Å². The van der Waals surface area contributed by atoms with Crippen LogP contribution in [0, 0.1) is 0 Å². The summed E-state index contributed by atoms with van der Waals surface area (Å²) >= 11 is 0. The van der Waals surface area contributed by atoms with Crippen molar-refractivity contribution in [2.24, 2.45) is 0 Å². The molecule has 0 saturated carbocycles. The van der Waals surface area contributed by atoms with Gasteiger partial charge in [-0.3, -0.25) is 4.79 Å². The number of aliphatic carboxylic acids is 1. The van der Waals surface area contributed by atoms with E-state index in [1.165, 1.54) is 0 Å². The molecule has 8 nitrogen and oxygen atoms in total. The molecule has 8 heteroatoms. The SMILES string of the molecule is C=CC(=O)NCC(CNC(=O)OC(C)(C)C)OCC(=O)O. The molecule has 0 radical (unpaired) electrons. The van der Waals surface area contributed by atoms with Crippen LogP contribution in [-0.2, 0) is 19.1 Å². The smallest absolute Gasteiger partial charge is 0.407 e. The van der Waals surface area contributed by atoms with E-state index in [1.54, 1.807) is 20.8 Å². The average Bonchev–Trinajstić information content (AvgIpc) is 2.34. The standard InChI is InChI=1S/C13H22N2O6/c1-5-10(16)14-6-9(20-8-11(17)18)7-15-12(19)21-13(2,3)4/h5,9H,1,6-8H2,2-4H3,(H,14,16)(H,15,19)(H,17,18). The highest BCUT2D eigenvalue weighted by Crippen LogP contribution is 2.06. The van der Waals surface area contributed by atoms with Crippen LogP contribution in [0.3, 0.4) is 0 Å². The number of carboxylic acid groups (broad SMARTS) is 1. The minimum Gasteiger partial charge on any atom is -0.480 e. The molecule has 0 aromatic rings.